The van der Waals surface area contributed by atoms with Crippen LogP contribution in [-0.4, -0.2) is 13.6 Å². The van der Waals surface area contributed by atoms with Crippen molar-refractivity contribution in [3.63, 3.8) is 0 Å². The number of benzene rings is 1. The molecule has 0 aromatic heterocycles. The van der Waals surface area contributed by atoms with Crippen LogP contribution < -0.4 is 5.32 Å². The Kier molecular flexibility index (Phi) is 2.70. The molecule has 0 radical (unpaired) electrons. The summed E-state index contributed by atoms with van der Waals surface area (Å²) in [6, 6.07) is 5.84. The molecule has 3 rings (SSSR count). The number of rotatable bonds is 3. The molecule has 2 fully saturated rings. The smallest absolute Gasteiger partial charge is 0.0459 e. The fourth-order valence-electron chi connectivity index (χ4n) is 3.65. The van der Waals surface area contributed by atoms with Crippen LogP contribution in [0.4, 0.5) is 0 Å². The van der Waals surface area contributed by atoms with Crippen LogP contribution in [0.25, 0.3) is 0 Å². The van der Waals surface area contributed by atoms with Gasteiger partial charge in [-0.3, -0.25) is 0 Å². The quantitative estimate of drug-likeness (QED) is 0.874. The minimum Gasteiger partial charge on any atom is -0.319 e. The maximum atomic E-state index is 6.36. The Hall–Kier alpha value is -0.240. The lowest BCUT2D eigenvalue weighted by Gasteiger charge is -2.50. The van der Waals surface area contributed by atoms with Gasteiger partial charge in [-0.1, -0.05) is 29.3 Å². The Balaban J connectivity index is 1.99. The van der Waals surface area contributed by atoms with Gasteiger partial charge in [0.15, 0.2) is 0 Å². The predicted octanol–water partition coefficient (Wildman–Crippen LogP) is 4.02. The van der Waals surface area contributed by atoms with Crippen molar-refractivity contribution in [3.8, 4) is 0 Å². The zero-order valence-corrected chi connectivity index (χ0v) is 11.5. The van der Waals surface area contributed by atoms with Gasteiger partial charge in [0.1, 0.15) is 0 Å². The molecular weight excluding hydrogens is 253 g/mol. The van der Waals surface area contributed by atoms with Gasteiger partial charge >= 0.3 is 0 Å². The third-order valence-electron chi connectivity index (χ3n) is 4.39. The second-order valence-electron chi connectivity index (χ2n) is 5.76. The van der Waals surface area contributed by atoms with E-state index in [9.17, 15) is 0 Å². The van der Waals surface area contributed by atoms with E-state index < -0.39 is 0 Å². The zero-order chi connectivity index (χ0) is 12.1. The first-order valence-electron chi connectivity index (χ1n) is 6.20. The number of hydrogen-bond donors (Lipinski definition) is 1. The topological polar surface area (TPSA) is 12.0 Å². The molecule has 0 heterocycles. The Morgan fingerprint density at radius 3 is 2.24 bits per heavy atom. The Bertz CT molecular complexity index is 423. The Morgan fingerprint density at radius 1 is 1.18 bits per heavy atom. The highest BCUT2D eigenvalue weighted by Crippen LogP contribution is 2.69. The molecule has 1 spiro atoms. The van der Waals surface area contributed by atoms with Crippen LogP contribution in [0.1, 0.15) is 31.2 Å². The molecule has 0 unspecified atom stereocenters. The predicted molar refractivity (Wildman–Crippen MR) is 73.0 cm³/mol. The monoisotopic (exact) mass is 269 g/mol. The lowest BCUT2D eigenvalue weighted by molar-refractivity contribution is 0.119. The van der Waals surface area contributed by atoms with Crippen LogP contribution in [0.5, 0.6) is 0 Å². The minimum atomic E-state index is 0.167. The summed E-state index contributed by atoms with van der Waals surface area (Å²) in [5.74, 6) is 0. The third kappa shape index (κ3) is 1.80. The summed E-state index contributed by atoms with van der Waals surface area (Å²) >= 11 is 12.7. The van der Waals surface area contributed by atoms with E-state index in [2.05, 4.69) is 5.32 Å². The van der Waals surface area contributed by atoms with Crippen LogP contribution >= 0.6 is 23.2 Å². The van der Waals surface area contributed by atoms with Gasteiger partial charge in [-0.05, 0) is 55.8 Å². The van der Waals surface area contributed by atoms with Gasteiger partial charge in [0.05, 0.1) is 0 Å². The summed E-state index contributed by atoms with van der Waals surface area (Å²) in [7, 11) is 2.00. The molecule has 2 saturated carbocycles. The number of hydrogen-bond acceptors (Lipinski definition) is 1. The minimum absolute atomic E-state index is 0.167. The van der Waals surface area contributed by atoms with Gasteiger partial charge in [-0.25, -0.2) is 0 Å². The van der Waals surface area contributed by atoms with Gasteiger partial charge in [-0.2, -0.15) is 0 Å². The van der Waals surface area contributed by atoms with Crippen LogP contribution in [-0.2, 0) is 5.41 Å². The normalized spacial score (nSPS) is 23.5. The van der Waals surface area contributed by atoms with Crippen molar-refractivity contribution in [2.45, 2.75) is 31.1 Å². The number of nitrogens with one attached hydrogen (secondary N) is 1. The molecule has 1 nitrogen and oxygen atoms in total. The first kappa shape index (κ1) is 11.8. The van der Waals surface area contributed by atoms with Crippen molar-refractivity contribution in [2.24, 2.45) is 5.41 Å². The van der Waals surface area contributed by atoms with Crippen molar-refractivity contribution < 1.29 is 0 Å². The average Bonchev–Trinajstić information content (AvgIpc) is 2.97. The van der Waals surface area contributed by atoms with Gasteiger partial charge in [-0.15, -0.1) is 0 Å². The lowest BCUT2D eigenvalue weighted by Crippen LogP contribution is -2.49. The first-order valence-corrected chi connectivity index (χ1v) is 6.96. The van der Waals surface area contributed by atoms with Crippen LogP contribution in [0.2, 0.25) is 10.0 Å². The average molecular weight is 270 g/mol. The summed E-state index contributed by atoms with van der Waals surface area (Å²) in [5, 5.41) is 4.96. The fraction of sp³-hybridized carbons (Fsp3) is 0.571. The molecule has 0 bridgehead atoms. The van der Waals surface area contributed by atoms with Crippen molar-refractivity contribution in [1.29, 1.82) is 0 Å². The van der Waals surface area contributed by atoms with E-state index >= 15 is 0 Å². The first-order chi connectivity index (χ1) is 8.11. The second-order valence-corrected chi connectivity index (χ2v) is 6.58. The molecule has 2 aliphatic rings. The van der Waals surface area contributed by atoms with Crippen molar-refractivity contribution in [3.05, 3.63) is 33.8 Å². The molecule has 0 aliphatic heterocycles. The molecule has 2 aliphatic carbocycles. The Morgan fingerprint density at radius 2 is 1.76 bits per heavy atom. The van der Waals surface area contributed by atoms with Crippen LogP contribution in [0.3, 0.4) is 0 Å². The Labute approximate surface area is 112 Å². The molecule has 0 atom stereocenters. The van der Waals surface area contributed by atoms with E-state index in [1.54, 1.807) is 0 Å². The maximum absolute atomic E-state index is 6.36. The number of halogens is 2. The van der Waals surface area contributed by atoms with E-state index in [4.69, 9.17) is 23.2 Å². The van der Waals surface area contributed by atoms with E-state index in [1.165, 1.54) is 25.7 Å². The standard InChI is InChI=1S/C14H17Cl2N/c1-17-9-14(7-13(8-14)5-6-13)12-10(15)3-2-4-11(12)16/h2-4,17H,5-9H2,1H3. The molecule has 1 aromatic carbocycles. The third-order valence-corrected chi connectivity index (χ3v) is 5.02. The van der Waals surface area contributed by atoms with Crippen LogP contribution in [0, 0.1) is 5.41 Å². The molecule has 1 N–H and O–H groups in total. The number of likely N-dealkylation sites (N-methyl/N-ethyl adjacent to an activating group) is 1. The summed E-state index contributed by atoms with van der Waals surface area (Å²) in [6.07, 6.45) is 5.26. The largest absolute Gasteiger partial charge is 0.319 e. The van der Waals surface area contributed by atoms with E-state index in [0.29, 0.717) is 5.41 Å². The second kappa shape index (κ2) is 3.88. The van der Waals surface area contributed by atoms with Crippen molar-refractivity contribution in [1.82, 2.24) is 5.32 Å². The molecule has 0 saturated heterocycles. The SMILES string of the molecule is CNCC1(c2c(Cl)cccc2Cl)CC2(CC2)C1. The van der Waals surface area contributed by atoms with Gasteiger partial charge in [0, 0.05) is 22.0 Å². The molecule has 3 heteroatoms. The summed E-state index contributed by atoms with van der Waals surface area (Å²) in [5.41, 5.74) is 1.97. The molecule has 0 amide bonds. The zero-order valence-electron chi connectivity index (χ0n) is 10.0. The molecular formula is C14H17Cl2N. The highest BCUT2D eigenvalue weighted by Gasteiger charge is 2.61. The summed E-state index contributed by atoms with van der Waals surface area (Å²) in [6.45, 7) is 0.970. The van der Waals surface area contributed by atoms with Crippen LogP contribution in [0.15, 0.2) is 18.2 Å². The fourth-order valence-corrected chi connectivity index (χ4v) is 4.45. The van der Waals surface area contributed by atoms with E-state index in [-0.39, 0.29) is 5.41 Å². The summed E-state index contributed by atoms with van der Waals surface area (Å²) < 4.78 is 0. The van der Waals surface area contributed by atoms with Gasteiger partial charge in [0.25, 0.3) is 0 Å². The molecule has 17 heavy (non-hydrogen) atoms. The van der Waals surface area contributed by atoms with E-state index in [1.807, 2.05) is 25.2 Å². The van der Waals surface area contributed by atoms with Gasteiger partial charge < -0.3 is 5.32 Å². The molecule has 92 valence electrons. The van der Waals surface area contributed by atoms with Crippen molar-refractivity contribution in [2.75, 3.05) is 13.6 Å². The van der Waals surface area contributed by atoms with Crippen molar-refractivity contribution >= 4 is 23.2 Å². The highest BCUT2D eigenvalue weighted by molar-refractivity contribution is 6.36. The maximum Gasteiger partial charge on any atom is 0.0459 e. The van der Waals surface area contributed by atoms with Gasteiger partial charge in [0.2, 0.25) is 0 Å². The summed E-state index contributed by atoms with van der Waals surface area (Å²) in [4.78, 5) is 0. The van der Waals surface area contributed by atoms with E-state index in [0.717, 1.165) is 22.2 Å². The molecule has 1 aromatic rings. The lowest BCUT2D eigenvalue weighted by atomic mass is 9.56. The highest BCUT2D eigenvalue weighted by atomic mass is 35.5.